The summed E-state index contributed by atoms with van der Waals surface area (Å²) in [6.45, 7) is 4.79. The zero-order valence-corrected chi connectivity index (χ0v) is 14.5. The second kappa shape index (κ2) is 7.48. The maximum Gasteiger partial charge on any atom is 0.319 e. The summed E-state index contributed by atoms with van der Waals surface area (Å²) < 4.78 is 0. The Labute approximate surface area is 140 Å². The molecule has 0 bridgehead atoms. The van der Waals surface area contributed by atoms with Gasteiger partial charge in [-0.3, -0.25) is 0 Å². The summed E-state index contributed by atoms with van der Waals surface area (Å²) in [5.41, 5.74) is 1.47. The summed E-state index contributed by atoms with van der Waals surface area (Å²) in [5, 5.41) is 19.7. The van der Waals surface area contributed by atoms with Crippen LogP contribution in [0.1, 0.15) is 19.4 Å². The number of rotatable bonds is 6. The van der Waals surface area contributed by atoms with Crippen molar-refractivity contribution in [3.8, 4) is 0 Å². The van der Waals surface area contributed by atoms with Crippen LogP contribution in [0.5, 0.6) is 0 Å². The molecule has 1 aromatic heterocycles. The Morgan fingerprint density at radius 3 is 2.83 bits per heavy atom. The number of nitrogens with zero attached hydrogens (tertiary/aromatic N) is 1. The predicted octanol–water partition coefficient (Wildman–Crippen LogP) is 3.23. The first kappa shape index (κ1) is 17.3. The molecule has 3 N–H and O–H groups in total. The number of carbonyl (C=O) groups is 1. The van der Waals surface area contributed by atoms with E-state index in [1.54, 1.807) is 6.92 Å². The highest BCUT2D eigenvalue weighted by molar-refractivity contribution is 7.08. The number of anilines is 2. The van der Waals surface area contributed by atoms with Crippen LogP contribution < -0.4 is 15.5 Å². The lowest BCUT2D eigenvalue weighted by molar-refractivity contribution is 0.0604. The third kappa shape index (κ3) is 4.71. The lowest BCUT2D eigenvalue weighted by atomic mass is 9.99. The van der Waals surface area contributed by atoms with Crippen LogP contribution in [0.25, 0.3) is 0 Å². The molecule has 0 saturated heterocycles. The number of aliphatic hydroxyl groups is 1. The quantitative estimate of drug-likeness (QED) is 0.760. The van der Waals surface area contributed by atoms with Crippen molar-refractivity contribution in [3.63, 3.8) is 0 Å². The van der Waals surface area contributed by atoms with E-state index < -0.39 is 5.60 Å². The minimum absolute atomic E-state index is 0.143. The SMILES string of the molecule is CCN(C)c1cccc(NC(=O)NC[C@](C)(O)c2ccsc2)c1. The highest BCUT2D eigenvalue weighted by atomic mass is 32.1. The van der Waals surface area contributed by atoms with Gasteiger partial charge in [0.05, 0.1) is 6.54 Å². The molecular formula is C17H23N3O2S. The fourth-order valence-corrected chi connectivity index (χ4v) is 2.89. The van der Waals surface area contributed by atoms with Gasteiger partial charge in [0, 0.05) is 25.0 Å². The van der Waals surface area contributed by atoms with Crippen LogP contribution in [0.4, 0.5) is 16.2 Å². The second-order valence-corrected chi connectivity index (χ2v) is 6.44. The third-order valence-corrected chi connectivity index (χ3v) is 4.44. The van der Waals surface area contributed by atoms with Crippen molar-refractivity contribution in [3.05, 3.63) is 46.7 Å². The third-order valence-electron chi connectivity index (χ3n) is 3.76. The van der Waals surface area contributed by atoms with Crippen LogP contribution in [0.15, 0.2) is 41.1 Å². The average Bonchev–Trinajstić information content (AvgIpc) is 3.08. The molecule has 0 spiro atoms. The maximum absolute atomic E-state index is 12.0. The van der Waals surface area contributed by atoms with Crippen molar-refractivity contribution in [1.29, 1.82) is 0 Å². The van der Waals surface area contributed by atoms with Crippen molar-refractivity contribution in [2.24, 2.45) is 0 Å². The molecule has 0 aliphatic rings. The van der Waals surface area contributed by atoms with E-state index in [4.69, 9.17) is 0 Å². The average molecular weight is 333 g/mol. The van der Waals surface area contributed by atoms with Crippen LogP contribution in [0, 0.1) is 0 Å². The van der Waals surface area contributed by atoms with E-state index in [9.17, 15) is 9.90 Å². The van der Waals surface area contributed by atoms with Crippen molar-refractivity contribution in [1.82, 2.24) is 5.32 Å². The minimum Gasteiger partial charge on any atom is -0.384 e. The number of amides is 2. The van der Waals surface area contributed by atoms with Crippen molar-refractivity contribution >= 4 is 28.7 Å². The lowest BCUT2D eigenvalue weighted by Crippen LogP contribution is -2.40. The molecule has 6 heteroatoms. The Kier molecular flexibility index (Phi) is 5.63. The van der Waals surface area contributed by atoms with Crippen LogP contribution in [-0.4, -0.2) is 31.3 Å². The fraction of sp³-hybridized carbons (Fsp3) is 0.353. The zero-order chi connectivity index (χ0) is 16.9. The number of carbonyl (C=O) groups excluding carboxylic acids is 1. The Balaban J connectivity index is 1.92. The van der Waals surface area contributed by atoms with E-state index in [0.29, 0.717) is 0 Å². The number of thiophene rings is 1. The molecule has 2 amide bonds. The molecule has 5 nitrogen and oxygen atoms in total. The van der Waals surface area contributed by atoms with E-state index in [1.807, 2.05) is 48.1 Å². The largest absolute Gasteiger partial charge is 0.384 e. The van der Waals surface area contributed by atoms with Crippen molar-refractivity contribution < 1.29 is 9.90 Å². The Morgan fingerprint density at radius 2 is 2.17 bits per heavy atom. The molecule has 0 aliphatic carbocycles. The number of hydrogen-bond donors (Lipinski definition) is 3. The molecule has 1 aromatic carbocycles. The van der Waals surface area contributed by atoms with Gasteiger partial charge in [-0.1, -0.05) is 6.07 Å². The van der Waals surface area contributed by atoms with E-state index >= 15 is 0 Å². The molecule has 2 aromatic rings. The summed E-state index contributed by atoms with van der Waals surface area (Å²) in [6, 6.07) is 9.17. The smallest absolute Gasteiger partial charge is 0.319 e. The van der Waals surface area contributed by atoms with E-state index in [1.165, 1.54) is 11.3 Å². The van der Waals surface area contributed by atoms with Crippen LogP contribution >= 0.6 is 11.3 Å². The summed E-state index contributed by atoms with van der Waals surface area (Å²) in [7, 11) is 2.00. The fourth-order valence-electron chi connectivity index (χ4n) is 2.10. The molecule has 0 unspecified atom stereocenters. The molecule has 2 rings (SSSR count). The molecule has 0 aliphatic heterocycles. The molecule has 23 heavy (non-hydrogen) atoms. The number of hydrogen-bond acceptors (Lipinski definition) is 4. The molecule has 1 heterocycles. The number of nitrogens with one attached hydrogen (secondary N) is 2. The van der Waals surface area contributed by atoms with E-state index in [0.717, 1.165) is 23.5 Å². The van der Waals surface area contributed by atoms with Gasteiger partial charge in [-0.05, 0) is 54.4 Å². The van der Waals surface area contributed by atoms with Gasteiger partial charge < -0.3 is 20.6 Å². The van der Waals surface area contributed by atoms with Gasteiger partial charge in [-0.2, -0.15) is 11.3 Å². The van der Waals surface area contributed by atoms with Crippen molar-refractivity contribution in [2.45, 2.75) is 19.4 Å². The second-order valence-electron chi connectivity index (χ2n) is 5.66. The van der Waals surface area contributed by atoms with Gasteiger partial charge >= 0.3 is 6.03 Å². The number of benzene rings is 1. The summed E-state index contributed by atoms with van der Waals surface area (Å²) in [6.07, 6.45) is 0. The topological polar surface area (TPSA) is 64.6 Å². The first-order valence-corrected chi connectivity index (χ1v) is 8.48. The van der Waals surface area contributed by atoms with E-state index in [-0.39, 0.29) is 12.6 Å². The highest BCUT2D eigenvalue weighted by Gasteiger charge is 2.24. The van der Waals surface area contributed by atoms with Gasteiger partial charge in [-0.25, -0.2) is 4.79 Å². The van der Waals surface area contributed by atoms with Gasteiger partial charge in [-0.15, -0.1) is 0 Å². The Hall–Kier alpha value is -2.05. The summed E-state index contributed by atoms with van der Waals surface area (Å²) >= 11 is 1.52. The van der Waals surface area contributed by atoms with E-state index in [2.05, 4.69) is 22.5 Å². The Morgan fingerprint density at radius 1 is 1.39 bits per heavy atom. The summed E-state index contributed by atoms with van der Waals surface area (Å²) in [4.78, 5) is 14.1. The normalized spacial score (nSPS) is 13.2. The van der Waals surface area contributed by atoms with Gasteiger partial charge in [0.15, 0.2) is 0 Å². The Bertz CT molecular complexity index is 641. The standard InChI is InChI=1S/C17H23N3O2S/c1-4-20(3)15-7-5-6-14(10-15)19-16(21)18-12-17(2,22)13-8-9-23-11-13/h5-11,22H,4,12H2,1-3H3,(H2,18,19,21)/t17-/m0/s1. The van der Waals surface area contributed by atoms with Gasteiger partial charge in [0.25, 0.3) is 0 Å². The molecular weight excluding hydrogens is 310 g/mol. The van der Waals surface area contributed by atoms with Gasteiger partial charge in [0.1, 0.15) is 5.60 Å². The summed E-state index contributed by atoms with van der Waals surface area (Å²) in [5.74, 6) is 0. The highest BCUT2D eigenvalue weighted by Crippen LogP contribution is 2.22. The molecule has 0 radical (unpaired) electrons. The van der Waals surface area contributed by atoms with Gasteiger partial charge in [0.2, 0.25) is 0 Å². The monoisotopic (exact) mass is 333 g/mol. The zero-order valence-electron chi connectivity index (χ0n) is 13.7. The predicted molar refractivity (Wildman–Crippen MR) is 96.3 cm³/mol. The molecule has 0 saturated carbocycles. The maximum atomic E-state index is 12.0. The first-order valence-electron chi connectivity index (χ1n) is 7.53. The van der Waals surface area contributed by atoms with Crippen LogP contribution in [0.3, 0.4) is 0 Å². The minimum atomic E-state index is -1.08. The van der Waals surface area contributed by atoms with Crippen molar-refractivity contribution in [2.75, 3.05) is 30.4 Å². The lowest BCUT2D eigenvalue weighted by Gasteiger charge is -2.23. The van der Waals surface area contributed by atoms with Crippen LogP contribution in [0.2, 0.25) is 0 Å². The van der Waals surface area contributed by atoms with Crippen LogP contribution in [-0.2, 0) is 5.60 Å². The first-order chi connectivity index (χ1) is 10.9. The molecule has 0 fully saturated rings. The molecule has 124 valence electrons. The molecule has 1 atom stereocenters. The number of urea groups is 1.